The van der Waals surface area contributed by atoms with E-state index in [1.165, 1.54) is 11.3 Å². The highest BCUT2D eigenvalue weighted by molar-refractivity contribution is 7.15. The van der Waals surface area contributed by atoms with Gasteiger partial charge in [0, 0.05) is 21.3 Å². The highest BCUT2D eigenvalue weighted by atomic mass is 35.5. The normalized spacial score (nSPS) is 10.7. The van der Waals surface area contributed by atoms with Crippen molar-refractivity contribution in [2.75, 3.05) is 11.9 Å². The van der Waals surface area contributed by atoms with Gasteiger partial charge >= 0.3 is 0 Å². The van der Waals surface area contributed by atoms with Crippen LogP contribution < -0.4 is 10.1 Å². The van der Waals surface area contributed by atoms with Crippen molar-refractivity contribution >= 4 is 45.6 Å². The van der Waals surface area contributed by atoms with Crippen LogP contribution in [0.3, 0.4) is 0 Å². The Morgan fingerprint density at radius 3 is 2.78 bits per heavy atom. The van der Waals surface area contributed by atoms with Gasteiger partial charge in [-0.15, -0.1) is 11.3 Å². The molecule has 0 saturated carbocycles. The Kier molecular flexibility index (Phi) is 6.37. The zero-order valence-electron chi connectivity index (χ0n) is 14.9. The lowest BCUT2D eigenvalue weighted by molar-refractivity contribution is -0.118. The van der Waals surface area contributed by atoms with Crippen LogP contribution in [-0.4, -0.2) is 17.5 Å². The first-order chi connectivity index (χ1) is 12.9. The average Bonchev–Trinajstić information content (AvgIpc) is 2.95. The molecule has 27 heavy (non-hydrogen) atoms. The maximum Gasteiger partial charge on any atom is 0.264 e. The number of amides is 1. The number of nitrogens with zero attached hydrogens (tertiary/aromatic N) is 1. The molecule has 3 aromatic rings. The first kappa shape index (κ1) is 19.7. The minimum absolute atomic E-state index is 0.0719. The van der Waals surface area contributed by atoms with Gasteiger partial charge in [0.2, 0.25) is 0 Å². The van der Waals surface area contributed by atoms with Gasteiger partial charge < -0.3 is 4.74 Å². The number of ether oxygens (including phenoxy) is 1. The topological polar surface area (TPSA) is 51.2 Å². The Bertz CT molecular complexity index is 972. The fourth-order valence-electron chi connectivity index (χ4n) is 2.51. The molecule has 1 amide bonds. The number of halogens is 2. The fraction of sp³-hybridized carbons (Fsp3) is 0.200. The second-order valence-electron chi connectivity index (χ2n) is 6.09. The second kappa shape index (κ2) is 8.74. The van der Waals surface area contributed by atoms with Crippen LogP contribution in [0.5, 0.6) is 5.75 Å². The van der Waals surface area contributed by atoms with E-state index < -0.39 is 0 Å². The third kappa shape index (κ3) is 5.45. The summed E-state index contributed by atoms with van der Waals surface area (Å²) in [4.78, 5) is 17.6. The molecular formula is C20H18Cl2N2O2S. The predicted octanol–water partition coefficient (Wildman–Crippen LogP) is 5.68. The largest absolute Gasteiger partial charge is 0.484 e. The van der Waals surface area contributed by atoms with Gasteiger partial charge in [0.15, 0.2) is 11.7 Å². The molecule has 1 N–H and O–H groups in total. The smallest absolute Gasteiger partial charge is 0.264 e. The number of aromatic nitrogens is 1. The van der Waals surface area contributed by atoms with Crippen LogP contribution in [0.15, 0.2) is 42.5 Å². The van der Waals surface area contributed by atoms with Gasteiger partial charge in [-0.05, 0) is 55.3 Å². The average molecular weight is 421 g/mol. The van der Waals surface area contributed by atoms with Crippen molar-refractivity contribution in [3.05, 3.63) is 74.2 Å². The van der Waals surface area contributed by atoms with E-state index in [0.717, 1.165) is 21.7 Å². The Balaban J connectivity index is 1.62. The molecule has 0 aliphatic rings. The van der Waals surface area contributed by atoms with Crippen LogP contribution in [0.2, 0.25) is 10.0 Å². The first-order valence-electron chi connectivity index (χ1n) is 8.30. The SMILES string of the molecule is Cc1cccc(OCC(=O)Nc2nc(C)c(Cc3cc(Cl)ccc3Cl)s2)c1. The zero-order chi connectivity index (χ0) is 19.4. The van der Waals surface area contributed by atoms with Crippen molar-refractivity contribution in [1.29, 1.82) is 0 Å². The molecule has 1 aromatic heterocycles. The monoisotopic (exact) mass is 420 g/mol. The molecule has 0 unspecified atom stereocenters. The molecule has 7 heteroatoms. The molecule has 0 spiro atoms. The molecule has 2 aromatic carbocycles. The molecule has 0 fully saturated rings. The number of rotatable bonds is 6. The van der Waals surface area contributed by atoms with E-state index in [2.05, 4.69) is 10.3 Å². The summed E-state index contributed by atoms with van der Waals surface area (Å²) in [7, 11) is 0. The lowest BCUT2D eigenvalue weighted by Crippen LogP contribution is -2.20. The Hall–Kier alpha value is -2.08. The summed E-state index contributed by atoms with van der Waals surface area (Å²) in [6.07, 6.45) is 0.610. The van der Waals surface area contributed by atoms with E-state index in [9.17, 15) is 4.79 Å². The molecule has 140 valence electrons. The van der Waals surface area contributed by atoms with E-state index in [1.54, 1.807) is 12.1 Å². The van der Waals surface area contributed by atoms with Crippen molar-refractivity contribution in [3.8, 4) is 5.75 Å². The highest BCUT2D eigenvalue weighted by Crippen LogP contribution is 2.29. The van der Waals surface area contributed by atoms with Gasteiger partial charge in [-0.3, -0.25) is 10.1 Å². The van der Waals surface area contributed by atoms with Crippen molar-refractivity contribution in [3.63, 3.8) is 0 Å². The molecule has 0 aliphatic heterocycles. The zero-order valence-corrected chi connectivity index (χ0v) is 17.2. The van der Waals surface area contributed by atoms with E-state index in [0.29, 0.717) is 27.3 Å². The molecule has 0 atom stereocenters. The lowest BCUT2D eigenvalue weighted by atomic mass is 10.1. The van der Waals surface area contributed by atoms with Crippen LogP contribution >= 0.6 is 34.5 Å². The van der Waals surface area contributed by atoms with Crippen LogP contribution in [0.4, 0.5) is 5.13 Å². The van der Waals surface area contributed by atoms with Gasteiger partial charge in [-0.25, -0.2) is 4.98 Å². The van der Waals surface area contributed by atoms with Gasteiger partial charge in [-0.1, -0.05) is 35.3 Å². The van der Waals surface area contributed by atoms with E-state index in [4.69, 9.17) is 27.9 Å². The van der Waals surface area contributed by atoms with E-state index in [1.807, 2.05) is 44.2 Å². The van der Waals surface area contributed by atoms with Gasteiger partial charge in [-0.2, -0.15) is 0 Å². The fourth-order valence-corrected chi connectivity index (χ4v) is 3.89. The molecular weight excluding hydrogens is 403 g/mol. The standard InChI is InChI=1S/C20H18Cl2N2O2S/c1-12-4-3-5-16(8-12)26-11-19(25)24-20-23-13(2)18(27-20)10-14-9-15(21)6-7-17(14)22/h3-9H,10-11H2,1-2H3,(H,23,24,25). The summed E-state index contributed by atoms with van der Waals surface area (Å²) >= 11 is 13.7. The number of aryl methyl sites for hydroxylation is 2. The van der Waals surface area contributed by atoms with Crippen LogP contribution in [-0.2, 0) is 11.2 Å². The number of carbonyl (C=O) groups excluding carboxylic acids is 1. The molecule has 0 aliphatic carbocycles. The van der Waals surface area contributed by atoms with Gasteiger partial charge in [0.1, 0.15) is 5.75 Å². The summed E-state index contributed by atoms with van der Waals surface area (Å²) in [6.45, 7) is 3.81. The molecule has 4 nitrogen and oxygen atoms in total. The first-order valence-corrected chi connectivity index (χ1v) is 9.87. The second-order valence-corrected chi connectivity index (χ2v) is 8.02. The molecule has 0 saturated heterocycles. The maximum absolute atomic E-state index is 12.1. The Labute approximate surface area is 172 Å². The lowest BCUT2D eigenvalue weighted by Gasteiger charge is -2.06. The van der Waals surface area contributed by atoms with E-state index >= 15 is 0 Å². The number of nitrogens with one attached hydrogen (secondary N) is 1. The maximum atomic E-state index is 12.1. The Morgan fingerprint density at radius 2 is 2.00 bits per heavy atom. The number of thiazole rings is 1. The highest BCUT2D eigenvalue weighted by Gasteiger charge is 2.13. The number of hydrogen-bond acceptors (Lipinski definition) is 4. The predicted molar refractivity (Wildman–Crippen MR) is 111 cm³/mol. The summed E-state index contributed by atoms with van der Waals surface area (Å²) in [5, 5.41) is 4.62. The summed E-state index contributed by atoms with van der Waals surface area (Å²) in [5.74, 6) is 0.411. The summed E-state index contributed by atoms with van der Waals surface area (Å²) < 4.78 is 5.52. The van der Waals surface area contributed by atoms with Crippen molar-refractivity contribution in [2.45, 2.75) is 20.3 Å². The Morgan fingerprint density at radius 1 is 1.19 bits per heavy atom. The number of anilines is 1. The third-order valence-electron chi connectivity index (χ3n) is 3.86. The quantitative estimate of drug-likeness (QED) is 0.558. The van der Waals surface area contributed by atoms with Crippen molar-refractivity contribution in [1.82, 2.24) is 4.98 Å². The van der Waals surface area contributed by atoms with Gasteiger partial charge in [0.25, 0.3) is 5.91 Å². The summed E-state index contributed by atoms with van der Waals surface area (Å²) in [5.41, 5.74) is 2.86. The minimum Gasteiger partial charge on any atom is -0.484 e. The van der Waals surface area contributed by atoms with Crippen LogP contribution in [0.1, 0.15) is 21.7 Å². The molecule has 0 radical (unpaired) electrons. The number of benzene rings is 2. The molecule has 3 rings (SSSR count). The summed E-state index contributed by atoms with van der Waals surface area (Å²) in [6, 6.07) is 12.9. The molecule has 0 bridgehead atoms. The minimum atomic E-state index is -0.252. The van der Waals surface area contributed by atoms with E-state index in [-0.39, 0.29) is 12.5 Å². The number of carbonyl (C=O) groups is 1. The van der Waals surface area contributed by atoms with Gasteiger partial charge in [0.05, 0.1) is 5.69 Å². The molecule has 1 heterocycles. The number of hydrogen-bond donors (Lipinski definition) is 1. The van der Waals surface area contributed by atoms with Crippen LogP contribution in [0.25, 0.3) is 0 Å². The van der Waals surface area contributed by atoms with Crippen molar-refractivity contribution in [2.24, 2.45) is 0 Å². The van der Waals surface area contributed by atoms with Crippen molar-refractivity contribution < 1.29 is 9.53 Å². The van der Waals surface area contributed by atoms with Crippen LogP contribution in [0, 0.1) is 13.8 Å². The third-order valence-corrected chi connectivity index (χ3v) is 5.53.